The molecule has 1 atom stereocenters. The van der Waals surface area contributed by atoms with E-state index in [0.29, 0.717) is 28.7 Å². The minimum Gasteiger partial charge on any atom is -0.495 e. The second-order valence-electron chi connectivity index (χ2n) is 5.72. The first kappa shape index (κ1) is 16.3. The third-order valence-corrected chi connectivity index (χ3v) is 4.87. The molecule has 0 unspecified atom stereocenters. The maximum atomic E-state index is 13.1. The summed E-state index contributed by atoms with van der Waals surface area (Å²) in [5, 5.41) is 21.8. The number of nitrogens with zero attached hydrogens (tertiary/aromatic N) is 4. The van der Waals surface area contributed by atoms with Crippen molar-refractivity contribution < 1.29 is 9.53 Å². The molecule has 3 aromatic rings. The van der Waals surface area contributed by atoms with Gasteiger partial charge in [0.15, 0.2) is 0 Å². The number of carbonyl (C=O) groups excluding carboxylic acids is 1. The lowest BCUT2D eigenvalue weighted by Gasteiger charge is -2.27. The van der Waals surface area contributed by atoms with Crippen molar-refractivity contribution in [2.24, 2.45) is 0 Å². The Bertz CT molecular complexity index is 979. The SMILES string of the molecule is COc1ccccc1NC(=O)C1=C(C)Nc2nnnn2[C@H]1c1ccsc1. The van der Waals surface area contributed by atoms with Crippen LogP contribution in [0.25, 0.3) is 0 Å². The number of thiophene rings is 1. The molecule has 1 amide bonds. The predicted molar refractivity (Wildman–Crippen MR) is 98.2 cm³/mol. The van der Waals surface area contributed by atoms with Crippen molar-refractivity contribution >= 4 is 28.9 Å². The molecular formula is C17H16N6O2S. The number of aromatic nitrogens is 4. The average molecular weight is 368 g/mol. The molecule has 0 fully saturated rings. The van der Waals surface area contributed by atoms with Crippen LogP contribution in [0.5, 0.6) is 5.75 Å². The van der Waals surface area contributed by atoms with Gasteiger partial charge in [0, 0.05) is 5.70 Å². The molecule has 0 radical (unpaired) electrons. The molecule has 0 saturated carbocycles. The first-order valence-corrected chi connectivity index (χ1v) is 8.85. The van der Waals surface area contributed by atoms with Gasteiger partial charge in [-0.2, -0.15) is 16.0 Å². The molecule has 1 aliphatic rings. The molecule has 4 rings (SSSR count). The molecule has 8 nitrogen and oxygen atoms in total. The van der Waals surface area contributed by atoms with Gasteiger partial charge < -0.3 is 15.4 Å². The monoisotopic (exact) mass is 368 g/mol. The smallest absolute Gasteiger partial charge is 0.255 e. The minimum atomic E-state index is -0.401. The van der Waals surface area contributed by atoms with Gasteiger partial charge in [0.05, 0.1) is 18.4 Å². The number of carbonyl (C=O) groups is 1. The number of amides is 1. The van der Waals surface area contributed by atoms with E-state index < -0.39 is 6.04 Å². The number of ether oxygens (including phenoxy) is 1. The van der Waals surface area contributed by atoms with E-state index >= 15 is 0 Å². The molecule has 0 bridgehead atoms. The second kappa shape index (κ2) is 6.60. The highest BCUT2D eigenvalue weighted by atomic mass is 32.1. The maximum absolute atomic E-state index is 13.1. The van der Waals surface area contributed by atoms with Gasteiger partial charge >= 0.3 is 0 Å². The summed E-state index contributed by atoms with van der Waals surface area (Å²) in [4.78, 5) is 13.1. The largest absolute Gasteiger partial charge is 0.495 e. The zero-order chi connectivity index (χ0) is 18.1. The topological polar surface area (TPSA) is 94.0 Å². The van der Waals surface area contributed by atoms with Gasteiger partial charge in [-0.15, -0.1) is 0 Å². The summed E-state index contributed by atoms with van der Waals surface area (Å²) in [7, 11) is 1.57. The van der Waals surface area contributed by atoms with Crippen LogP contribution >= 0.6 is 11.3 Å². The van der Waals surface area contributed by atoms with Crippen LogP contribution in [0, 0.1) is 0 Å². The first-order valence-electron chi connectivity index (χ1n) is 7.91. The number of nitrogens with one attached hydrogen (secondary N) is 2. The van der Waals surface area contributed by atoms with Crippen LogP contribution in [0.3, 0.4) is 0 Å². The lowest BCUT2D eigenvalue weighted by Crippen LogP contribution is -2.31. The number of allylic oxidation sites excluding steroid dienone is 1. The highest BCUT2D eigenvalue weighted by molar-refractivity contribution is 7.08. The van der Waals surface area contributed by atoms with Crippen molar-refractivity contribution in [3.05, 3.63) is 57.9 Å². The van der Waals surface area contributed by atoms with E-state index in [-0.39, 0.29) is 5.91 Å². The van der Waals surface area contributed by atoms with Crippen LogP contribution in [0.2, 0.25) is 0 Å². The number of methoxy groups -OCH3 is 1. The predicted octanol–water partition coefficient (Wildman–Crippen LogP) is 2.67. The van der Waals surface area contributed by atoms with Crippen molar-refractivity contribution in [1.82, 2.24) is 20.2 Å². The third kappa shape index (κ3) is 2.72. The fraction of sp³-hybridized carbons (Fsp3) is 0.176. The Labute approximate surface area is 153 Å². The zero-order valence-corrected chi connectivity index (χ0v) is 14.9. The molecular weight excluding hydrogens is 352 g/mol. The number of hydrogen-bond donors (Lipinski definition) is 2. The first-order chi connectivity index (χ1) is 12.7. The highest BCUT2D eigenvalue weighted by Gasteiger charge is 2.34. The van der Waals surface area contributed by atoms with Crippen LogP contribution in [-0.4, -0.2) is 33.2 Å². The number of para-hydroxylation sites is 2. The van der Waals surface area contributed by atoms with Gasteiger partial charge in [-0.1, -0.05) is 17.2 Å². The Balaban J connectivity index is 1.74. The summed E-state index contributed by atoms with van der Waals surface area (Å²) in [6.07, 6.45) is 0. The normalized spacial score (nSPS) is 16.0. The van der Waals surface area contributed by atoms with Crippen molar-refractivity contribution in [1.29, 1.82) is 0 Å². The van der Waals surface area contributed by atoms with Crippen molar-refractivity contribution in [2.45, 2.75) is 13.0 Å². The van der Waals surface area contributed by atoms with E-state index in [1.165, 1.54) is 0 Å². The Morgan fingerprint density at radius 1 is 1.35 bits per heavy atom. The molecule has 0 aliphatic carbocycles. The van der Waals surface area contributed by atoms with E-state index in [4.69, 9.17) is 4.74 Å². The van der Waals surface area contributed by atoms with Crippen molar-refractivity contribution in [2.75, 3.05) is 17.7 Å². The standard InChI is InChI=1S/C17H16N6O2S/c1-10-14(16(24)19-12-5-3-4-6-13(12)25-2)15(11-7-8-26-9-11)23-17(18-10)20-21-22-23/h3-9,15H,1-2H3,(H,19,24)(H,18,20,22)/t15-/m0/s1. The van der Waals surface area contributed by atoms with Crippen LogP contribution in [0.4, 0.5) is 11.6 Å². The van der Waals surface area contributed by atoms with Crippen molar-refractivity contribution in [3.8, 4) is 5.75 Å². The van der Waals surface area contributed by atoms with E-state index in [2.05, 4.69) is 26.2 Å². The lowest BCUT2D eigenvalue weighted by molar-refractivity contribution is -0.113. The van der Waals surface area contributed by atoms with Crippen LogP contribution < -0.4 is 15.4 Å². The van der Waals surface area contributed by atoms with Crippen LogP contribution in [0.15, 0.2) is 52.4 Å². The van der Waals surface area contributed by atoms with Gasteiger partial charge in [0.1, 0.15) is 11.8 Å². The van der Waals surface area contributed by atoms with E-state index in [9.17, 15) is 4.79 Å². The Morgan fingerprint density at radius 2 is 2.19 bits per heavy atom. The molecule has 0 spiro atoms. The lowest BCUT2D eigenvalue weighted by atomic mass is 9.97. The van der Waals surface area contributed by atoms with E-state index in [0.717, 1.165) is 5.56 Å². The van der Waals surface area contributed by atoms with Crippen molar-refractivity contribution in [3.63, 3.8) is 0 Å². The number of fused-ring (bicyclic) bond motifs is 1. The molecule has 26 heavy (non-hydrogen) atoms. The summed E-state index contributed by atoms with van der Waals surface area (Å²) in [5.41, 5.74) is 2.81. The number of benzene rings is 1. The van der Waals surface area contributed by atoms with Crippen LogP contribution in [0.1, 0.15) is 18.5 Å². The van der Waals surface area contributed by atoms with Crippen LogP contribution in [-0.2, 0) is 4.79 Å². The average Bonchev–Trinajstić information content (AvgIpc) is 3.32. The Hall–Kier alpha value is -3.20. The molecule has 1 aliphatic heterocycles. The molecule has 9 heteroatoms. The molecule has 132 valence electrons. The number of hydrogen-bond acceptors (Lipinski definition) is 7. The summed E-state index contributed by atoms with van der Waals surface area (Å²) in [5.74, 6) is 0.863. The quantitative estimate of drug-likeness (QED) is 0.735. The van der Waals surface area contributed by atoms with Gasteiger partial charge in [0.2, 0.25) is 5.95 Å². The fourth-order valence-electron chi connectivity index (χ4n) is 2.98. The highest BCUT2D eigenvalue weighted by Crippen LogP contribution is 2.36. The van der Waals surface area contributed by atoms with E-state index in [1.54, 1.807) is 35.3 Å². The molecule has 3 heterocycles. The number of anilines is 2. The molecule has 2 aromatic heterocycles. The Kier molecular flexibility index (Phi) is 4.13. The van der Waals surface area contributed by atoms with Gasteiger partial charge in [-0.3, -0.25) is 4.79 Å². The number of rotatable bonds is 4. The van der Waals surface area contributed by atoms with Gasteiger partial charge in [-0.25, -0.2) is 0 Å². The second-order valence-corrected chi connectivity index (χ2v) is 6.50. The summed E-state index contributed by atoms with van der Waals surface area (Å²) >= 11 is 1.56. The van der Waals surface area contributed by atoms with Gasteiger partial charge in [0.25, 0.3) is 5.91 Å². The molecule has 0 saturated heterocycles. The number of tetrazole rings is 1. The van der Waals surface area contributed by atoms with Gasteiger partial charge in [-0.05, 0) is 51.9 Å². The van der Waals surface area contributed by atoms with E-state index in [1.807, 2.05) is 35.9 Å². The zero-order valence-electron chi connectivity index (χ0n) is 14.1. The summed E-state index contributed by atoms with van der Waals surface area (Å²) < 4.78 is 6.94. The Morgan fingerprint density at radius 3 is 2.96 bits per heavy atom. The summed E-state index contributed by atoms with van der Waals surface area (Å²) in [6.45, 7) is 1.84. The maximum Gasteiger partial charge on any atom is 0.255 e. The fourth-order valence-corrected chi connectivity index (χ4v) is 3.66. The minimum absolute atomic E-state index is 0.239. The third-order valence-electron chi connectivity index (χ3n) is 4.17. The molecule has 1 aromatic carbocycles. The molecule has 2 N–H and O–H groups in total. The summed E-state index contributed by atoms with van der Waals surface area (Å²) in [6, 6.07) is 8.85.